The van der Waals surface area contributed by atoms with Crippen LogP contribution < -0.4 is 0 Å². The van der Waals surface area contributed by atoms with E-state index in [1.54, 1.807) is 18.3 Å². The second kappa shape index (κ2) is 5.41. The van der Waals surface area contributed by atoms with E-state index in [1.807, 2.05) is 32.0 Å². The minimum atomic E-state index is -0.348. The molecule has 0 unspecified atom stereocenters. The number of rotatable bonds is 2. The average molecular weight is 301 g/mol. The zero-order chi connectivity index (χ0) is 15.0. The van der Waals surface area contributed by atoms with Crippen molar-refractivity contribution < 1.29 is 4.39 Å². The summed E-state index contributed by atoms with van der Waals surface area (Å²) >= 11 is 6.49. The molecule has 0 N–H and O–H groups in total. The van der Waals surface area contributed by atoms with Crippen molar-refractivity contribution in [1.82, 2.24) is 9.97 Å². The van der Waals surface area contributed by atoms with Gasteiger partial charge in [0.15, 0.2) is 0 Å². The number of aromatic nitrogens is 2. The number of benzene rings is 1. The highest BCUT2D eigenvalue weighted by atomic mass is 35.5. The Hall–Kier alpha value is -2.00. The molecule has 0 saturated carbocycles. The Kier molecular flexibility index (Phi) is 3.60. The maximum atomic E-state index is 14.1. The molecule has 106 valence electrons. The first-order valence-corrected chi connectivity index (χ1v) is 7.16. The fourth-order valence-corrected chi connectivity index (χ4v) is 2.96. The van der Waals surface area contributed by atoms with Crippen LogP contribution in [-0.2, 0) is 0 Å². The fraction of sp³-hybridized carbons (Fsp3) is 0.176. The number of hydrogen-bond acceptors (Lipinski definition) is 2. The monoisotopic (exact) mass is 300 g/mol. The molecule has 0 saturated heterocycles. The molecule has 0 radical (unpaired) electrons. The highest BCUT2D eigenvalue weighted by Crippen LogP contribution is 2.38. The lowest BCUT2D eigenvalue weighted by Crippen LogP contribution is -2.01. The summed E-state index contributed by atoms with van der Waals surface area (Å²) in [4.78, 5) is 8.95. The smallest absolute Gasteiger partial charge is 0.134 e. The van der Waals surface area contributed by atoms with Crippen LogP contribution >= 0.6 is 11.6 Å². The summed E-state index contributed by atoms with van der Waals surface area (Å²) in [6, 6.07) is 10.4. The third-order valence-electron chi connectivity index (χ3n) is 3.42. The summed E-state index contributed by atoms with van der Waals surface area (Å²) in [5.74, 6) is -0.231. The highest BCUT2D eigenvalue weighted by Gasteiger charge is 2.20. The molecule has 0 fully saturated rings. The number of hydrogen-bond donors (Lipinski definition) is 0. The fourth-order valence-electron chi connectivity index (χ4n) is 2.47. The lowest BCUT2D eigenvalue weighted by Gasteiger charge is -2.16. The van der Waals surface area contributed by atoms with Gasteiger partial charge in [-0.05, 0) is 30.2 Å². The number of pyridine rings is 2. The third-order valence-corrected chi connectivity index (χ3v) is 3.81. The van der Waals surface area contributed by atoms with Crippen molar-refractivity contribution in [3.8, 4) is 11.4 Å². The van der Waals surface area contributed by atoms with Crippen molar-refractivity contribution in [2.75, 3.05) is 0 Å². The summed E-state index contributed by atoms with van der Waals surface area (Å²) in [7, 11) is 0. The summed E-state index contributed by atoms with van der Waals surface area (Å²) in [5.41, 5.74) is 2.83. The standard InChI is InChI=1S/C17H14ClFN2/c1-10(2)14-16(18)15-11(19)6-5-8-12(15)21-17(14)13-7-3-4-9-20-13/h3-10H,1-2H3. The van der Waals surface area contributed by atoms with Crippen molar-refractivity contribution >= 4 is 22.5 Å². The lowest BCUT2D eigenvalue weighted by molar-refractivity contribution is 0.639. The van der Waals surface area contributed by atoms with Gasteiger partial charge in [-0.15, -0.1) is 0 Å². The molecule has 0 atom stereocenters. The van der Waals surface area contributed by atoms with Crippen LogP contribution in [0, 0.1) is 5.82 Å². The van der Waals surface area contributed by atoms with E-state index in [0.717, 1.165) is 11.3 Å². The summed E-state index contributed by atoms with van der Waals surface area (Å²) in [6.45, 7) is 4.03. The third kappa shape index (κ3) is 2.38. The maximum absolute atomic E-state index is 14.1. The van der Waals surface area contributed by atoms with Crippen LogP contribution in [-0.4, -0.2) is 9.97 Å². The maximum Gasteiger partial charge on any atom is 0.134 e. The summed E-state index contributed by atoms with van der Waals surface area (Å²) < 4.78 is 14.1. The first-order chi connectivity index (χ1) is 10.1. The number of nitrogens with zero attached hydrogens (tertiary/aromatic N) is 2. The van der Waals surface area contributed by atoms with Crippen LogP contribution in [0.1, 0.15) is 25.3 Å². The molecule has 0 bridgehead atoms. The van der Waals surface area contributed by atoms with E-state index in [1.165, 1.54) is 6.07 Å². The summed E-state index contributed by atoms with van der Waals surface area (Å²) in [6.07, 6.45) is 1.71. The molecule has 2 heterocycles. The van der Waals surface area contributed by atoms with Gasteiger partial charge in [-0.1, -0.05) is 37.6 Å². The Labute approximate surface area is 127 Å². The molecule has 3 aromatic rings. The molecule has 21 heavy (non-hydrogen) atoms. The minimum absolute atomic E-state index is 0.117. The predicted molar refractivity (Wildman–Crippen MR) is 84.0 cm³/mol. The van der Waals surface area contributed by atoms with Gasteiger partial charge < -0.3 is 0 Å². The van der Waals surface area contributed by atoms with Crippen LogP contribution in [0.5, 0.6) is 0 Å². The van der Waals surface area contributed by atoms with E-state index in [0.29, 0.717) is 21.6 Å². The largest absolute Gasteiger partial charge is 0.255 e. The molecular weight excluding hydrogens is 287 g/mol. The van der Waals surface area contributed by atoms with Crippen molar-refractivity contribution in [1.29, 1.82) is 0 Å². The Balaban J connectivity index is 2.42. The SMILES string of the molecule is CC(C)c1c(-c2ccccn2)nc2cccc(F)c2c1Cl. The van der Waals surface area contributed by atoms with Crippen molar-refractivity contribution in [2.45, 2.75) is 19.8 Å². The van der Waals surface area contributed by atoms with Gasteiger partial charge in [0, 0.05) is 11.8 Å². The van der Waals surface area contributed by atoms with Gasteiger partial charge in [-0.25, -0.2) is 9.37 Å². The summed E-state index contributed by atoms with van der Waals surface area (Å²) in [5, 5.41) is 0.802. The van der Waals surface area contributed by atoms with Gasteiger partial charge in [0.05, 0.1) is 27.3 Å². The van der Waals surface area contributed by atoms with Crippen molar-refractivity contribution in [3.63, 3.8) is 0 Å². The zero-order valence-electron chi connectivity index (χ0n) is 11.8. The molecular formula is C17H14ClFN2. The van der Waals surface area contributed by atoms with E-state index in [4.69, 9.17) is 11.6 Å². The second-order valence-corrected chi connectivity index (χ2v) is 5.57. The molecule has 1 aromatic carbocycles. The first-order valence-electron chi connectivity index (χ1n) is 6.78. The highest BCUT2D eigenvalue weighted by molar-refractivity contribution is 6.36. The topological polar surface area (TPSA) is 25.8 Å². The number of halogens is 2. The average Bonchev–Trinajstić information content (AvgIpc) is 2.47. The lowest BCUT2D eigenvalue weighted by atomic mass is 9.97. The first kappa shape index (κ1) is 14.0. The van der Waals surface area contributed by atoms with E-state index in [9.17, 15) is 4.39 Å². The molecule has 0 spiro atoms. The van der Waals surface area contributed by atoms with Crippen LogP contribution in [0.25, 0.3) is 22.3 Å². The normalized spacial score (nSPS) is 11.3. The van der Waals surface area contributed by atoms with Gasteiger partial charge in [-0.2, -0.15) is 0 Å². The van der Waals surface area contributed by atoms with Gasteiger partial charge in [0.2, 0.25) is 0 Å². The molecule has 3 rings (SSSR count). The van der Waals surface area contributed by atoms with E-state index >= 15 is 0 Å². The van der Waals surface area contributed by atoms with Crippen molar-refractivity contribution in [2.24, 2.45) is 0 Å². The molecule has 4 heteroatoms. The molecule has 2 nitrogen and oxygen atoms in total. The Morgan fingerprint density at radius 2 is 1.90 bits per heavy atom. The Bertz CT molecular complexity index is 801. The van der Waals surface area contributed by atoms with Crippen LogP contribution in [0.3, 0.4) is 0 Å². The van der Waals surface area contributed by atoms with Crippen LogP contribution in [0.2, 0.25) is 5.02 Å². The van der Waals surface area contributed by atoms with Crippen LogP contribution in [0.15, 0.2) is 42.6 Å². The quantitative estimate of drug-likeness (QED) is 0.649. The van der Waals surface area contributed by atoms with Gasteiger partial charge >= 0.3 is 0 Å². The molecule has 0 aliphatic rings. The van der Waals surface area contributed by atoms with Crippen LogP contribution in [0.4, 0.5) is 4.39 Å². The number of fused-ring (bicyclic) bond motifs is 1. The van der Waals surface area contributed by atoms with Gasteiger partial charge in [0.1, 0.15) is 5.82 Å². The molecule has 0 aliphatic heterocycles. The van der Waals surface area contributed by atoms with E-state index in [2.05, 4.69) is 9.97 Å². The zero-order valence-corrected chi connectivity index (χ0v) is 12.5. The van der Waals surface area contributed by atoms with Gasteiger partial charge in [0.25, 0.3) is 0 Å². The minimum Gasteiger partial charge on any atom is -0.255 e. The van der Waals surface area contributed by atoms with Crippen molar-refractivity contribution in [3.05, 3.63) is 59.0 Å². The van der Waals surface area contributed by atoms with E-state index in [-0.39, 0.29) is 11.7 Å². The molecule has 0 amide bonds. The molecule has 2 aromatic heterocycles. The van der Waals surface area contributed by atoms with Gasteiger partial charge in [-0.3, -0.25) is 4.98 Å². The molecule has 0 aliphatic carbocycles. The predicted octanol–water partition coefficient (Wildman–Crippen LogP) is 5.21. The Morgan fingerprint density at radius 3 is 2.57 bits per heavy atom. The van der Waals surface area contributed by atoms with E-state index < -0.39 is 0 Å². The Morgan fingerprint density at radius 1 is 1.10 bits per heavy atom. The second-order valence-electron chi connectivity index (χ2n) is 5.19.